The van der Waals surface area contributed by atoms with Gasteiger partial charge in [-0.3, -0.25) is 15.2 Å². The SMILES string of the molecule is C=C1C2(C(=O)NN(c3ccccc3)c3ccccc3)CCC(C2)C1(C)C. The third-order valence-corrected chi connectivity index (χ3v) is 6.57. The lowest BCUT2D eigenvalue weighted by Gasteiger charge is -2.38. The summed E-state index contributed by atoms with van der Waals surface area (Å²) in [5.74, 6) is 0.630. The molecule has 3 heteroatoms. The summed E-state index contributed by atoms with van der Waals surface area (Å²) in [5.41, 5.74) is 5.81. The number of para-hydroxylation sites is 2. The summed E-state index contributed by atoms with van der Waals surface area (Å²) >= 11 is 0. The number of amides is 1. The van der Waals surface area contributed by atoms with Crippen molar-refractivity contribution in [3.8, 4) is 0 Å². The van der Waals surface area contributed by atoms with Gasteiger partial charge in [-0.25, -0.2) is 0 Å². The van der Waals surface area contributed by atoms with E-state index in [1.54, 1.807) is 0 Å². The molecule has 2 fully saturated rings. The van der Waals surface area contributed by atoms with Crippen LogP contribution in [0.15, 0.2) is 72.8 Å². The molecule has 2 bridgehead atoms. The maximum atomic E-state index is 13.5. The highest BCUT2D eigenvalue weighted by molar-refractivity contribution is 5.90. The summed E-state index contributed by atoms with van der Waals surface area (Å²) in [5, 5.41) is 1.89. The summed E-state index contributed by atoms with van der Waals surface area (Å²) in [6.45, 7) is 8.83. The third kappa shape index (κ3) is 2.45. The molecule has 0 spiro atoms. The number of rotatable bonds is 4. The quantitative estimate of drug-likeness (QED) is 0.606. The molecule has 1 N–H and O–H groups in total. The van der Waals surface area contributed by atoms with E-state index in [4.69, 9.17) is 0 Å². The lowest BCUT2D eigenvalue weighted by atomic mass is 9.68. The molecule has 4 rings (SSSR count). The molecule has 2 aromatic rings. The number of carbonyl (C=O) groups is 1. The number of nitrogens with one attached hydrogen (secondary N) is 1. The lowest BCUT2D eigenvalue weighted by molar-refractivity contribution is -0.128. The van der Waals surface area contributed by atoms with Crippen molar-refractivity contribution in [2.24, 2.45) is 16.7 Å². The summed E-state index contributed by atoms with van der Waals surface area (Å²) in [4.78, 5) is 13.5. The van der Waals surface area contributed by atoms with Gasteiger partial charge in [-0.15, -0.1) is 0 Å². The van der Waals surface area contributed by atoms with E-state index in [1.807, 2.05) is 65.7 Å². The van der Waals surface area contributed by atoms with E-state index in [1.165, 1.54) is 0 Å². The van der Waals surface area contributed by atoms with Gasteiger partial charge in [-0.1, -0.05) is 62.4 Å². The van der Waals surface area contributed by atoms with Gasteiger partial charge < -0.3 is 0 Å². The number of hydrogen-bond donors (Lipinski definition) is 1. The second-order valence-corrected chi connectivity index (χ2v) is 8.17. The van der Waals surface area contributed by atoms with E-state index in [9.17, 15) is 4.79 Å². The molecule has 0 aliphatic heterocycles. The Morgan fingerprint density at radius 2 is 1.58 bits per heavy atom. The number of anilines is 2. The molecule has 2 aliphatic rings. The summed E-state index contributed by atoms with van der Waals surface area (Å²) < 4.78 is 0. The van der Waals surface area contributed by atoms with Crippen molar-refractivity contribution >= 4 is 17.3 Å². The number of carbonyl (C=O) groups excluding carboxylic acids is 1. The largest absolute Gasteiger partial charge is 0.272 e. The Bertz CT molecular complexity index is 788. The highest BCUT2D eigenvalue weighted by Gasteiger charge is 2.61. The molecule has 1 amide bonds. The van der Waals surface area contributed by atoms with Gasteiger partial charge in [0, 0.05) is 0 Å². The number of fused-ring (bicyclic) bond motifs is 2. The van der Waals surface area contributed by atoms with E-state index in [0.29, 0.717) is 5.92 Å². The zero-order valence-corrected chi connectivity index (χ0v) is 15.5. The topological polar surface area (TPSA) is 32.3 Å². The first kappa shape index (κ1) is 16.9. The van der Waals surface area contributed by atoms with E-state index < -0.39 is 5.41 Å². The van der Waals surface area contributed by atoms with Crippen molar-refractivity contribution in [1.29, 1.82) is 0 Å². The van der Waals surface area contributed by atoms with Crippen LogP contribution in [0.2, 0.25) is 0 Å². The smallest absolute Gasteiger partial charge is 0.249 e. The Kier molecular flexibility index (Phi) is 3.91. The van der Waals surface area contributed by atoms with Gasteiger partial charge in [0.05, 0.1) is 16.8 Å². The average molecular weight is 346 g/mol. The molecule has 26 heavy (non-hydrogen) atoms. The van der Waals surface area contributed by atoms with Crippen molar-refractivity contribution < 1.29 is 4.79 Å². The Hall–Kier alpha value is -2.55. The van der Waals surface area contributed by atoms with E-state index in [-0.39, 0.29) is 11.3 Å². The molecule has 2 unspecified atom stereocenters. The van der Waals surface area contributed by atoms with Crippen LogP contribution in [0.25, 0.3) is 0 Å². The molecule has 2 saturated carbocycles. The number of hydrogen-bond acceptors (Lipinski definition) is 2. The molecule has 134 valence electrons. The molecule has 2 atom stereocenters. The third-order valence-electron chi connectivity index (χ3n) is 6.57. The van der Waals surface area contributed by atoms with Gasteiger partial charge in [0.1, 0.15) is 0 Å². The maximum Gasteiger partial charge on any atom is 0.249 e. The predicted octanol–water partition coefficient (Wildman–Crippen LogP) is 5.24. The zero-order valence-electron chi connectivity index (χ0n) is 15.5. The van der Waals surface area contributed by atoms with Crippen LogP contribution in [-0.4, -0.2) is 5.91 Å². The van der Waals surface area contributed by atoms with E-state index in [0.717, 1.165) is 36.2 Å². The van der Waals surface area contributed by atoms with Crippen LogP contribution >= 0.6 is 0 Å². The normalized spacial score (nSPS) is 25.9. The monoisotopic (exact) mass is 346 g/mol. The molecular weight excluding hydrogens is 320 g/mol. The van der Waals surface area contributed by atoms with Crippen molar-refractivity contribution in [1.82, 2.24) is 5.43 Å². The summed E-state index contributed by atoms with van der Waals surface area (Å²) in [6, 6.07) is 19.9. The first-order chi connectivity index (χ1) is 12.4. The summed E-state index contributed by atoms with van der Waals surface area (Å²) in [7, 11) is 0. The van der Waals surface area contributed by atoms with Gasteiger partial charge >= 0.3 is 0 Å². The van der Waals surface area contributed by atoms with Crippen LogP contribution < -0.4 is 10.4 Å². The highest BCUT2D eigenvalue weighted by Crippen LogP contribution is 2.65. The van der Waals surface area contributed by atoms with Crippen LogP contribution in [0, 0.1) is 16.7 Å². The van der Waals surface area contributed by atoms with Gasteiger partial charge in [0.15, 0.2) is 0 Å². The summed E-state index contributed by atoms with van der Waals surface area (Å²) in [6.07, 6.45) is 2.93. The van der Waals surface area contributed by atoms with Crippen LogP contribution in [0.4, 0.5) is 11.4 Å². The highest BCUT2D eigenvalue weighted by atomic mass is 16.2. The molecule has 0 aromatic heterocycles. The second-order valence-electron chi connectivity index (χ2n) is 8.17. The van der Waals surface area contributed by atoms with E-state index in [2.05, 4.69) is 25.9 Å². The Morgan fingerprint density at radius 3 is 2.04 bits per heavy atom. The second kappa shape index (κ2) is 6.01. The maximum absolute atomic E-state index is 13.5. The molecule has 0 saturated heterocycles. The average Bonchev–Trinajstić information content (AvgIpc) is 3.20. The number of hydrazine groups is 1. The van der Waals surface area contributed by atoms with E-state index >= 15 is 0 Å². The minimum atomic E-state index is -0.435. The van der Waals surface area contributed by atoms with Crippen LogP contribution in [0.5, 0.6) is 0 Å². The van der Waals surface area contributed by atoms with Crippen LogP contribution in [0.3, 0.4) is 0 Å². The van der Waals surface area contributed by atoms with Gasteiger partial charge in [0.25, 0.3) is 0 Å². The molecule has 0 radical (unpaired) electrons. The van der Waals surface area contributed by atoms with Crippen LogP contribution in [-0.2, 0) is 4.79 Å². The van der Waals surface area contributed by atoms with Crippen molar-refractivity contribution in [2.75, 3.05) is 5.01 Å². The molecule has 2 aliphatic carbocycles. The Balaban J connectivity index is 1.67. The van der Waals surface area contributed by atoms with Gasteiger partial charge in [-0.05, 0) is 54.9 Å². The minimum Gasteiger partial charge on any atom is -0.272 e. The molecular formula is C23H26N2O. The standard InChI is InChI=1S/C23H26N2O/c1-17-22(2,3)18-14-15-23(17,16-18)21(26)24-25(19-10-6-4-7-11-19)20-12-8-5-9-13-20/h4-13,18H,1,14-16H2,2-3H3,(H,24,26). The van der Waals surface area contributed by atoms with Gasteiger partial charge in [0.2, 0.25) is 5.91 Å². The fourth-order valence-corrected chi connectivity index (χ4v) is 4.78. The van der Waals surface area contributed by atoms with Crippen LogP contribution in [0.1, 0.15) is 33.1 Å². The first-order valence-corrected chi connectivity index (χ1v) is 9.36. The Morgan fingerprint density at radius 1 is 1.04 bits per heavy atom. The van der Waals surface area contributed by atoms with Crippen molar-refractivity contribution in [3.63, 3.8) is 0 Å². The first-order valence-electron chi connectivity index (χ1n) is 9.36. The fraction of sp³-hybridized carbons (Fsp3) is 0.348. The lowest BCUT2D eigenvalue weighted by Crippen LogP contribution is -2.48. The van der Waals surface area contributed by atoms with Crippen molar-refractivity contribution in [2.45, 2.75) is 33.1 Å². The fourth-order valence-electron chi connectivity index (χ4n) is 4.78. The van der Waals surface area contributed by atoms with Crippen molar-refractivity contribution in [3.05, 3.63) is 72.8 Å². The zero-order chi connectivity index (χ0) is 18.4. The molecule has 2 aromatic carbocycles. The Labute approximate surface area is 155 Å². The molecule has 3 nitrogen and oxygen atoms in total. The molecule has 0 heterocycles. The number of benzene rings is 2. The predicted molar refractivity (Wildman–Crippen MR) is 106 cm³/mol. The number of nitrogens with zero attached hydrogens (tertiary/aromatic N) is 1. The van der Waals surface area contributed by atoms with Gasteiger partial charge in [-0.2, -0.15) is 0 Å². The minimum absolute atomic E-state index is 0.0416.